The number of sulfonamides is 1. The van der Waals surface area contributed by atoms with Gasteiger partial charge in [0, 0.05) is 12.6 Å². The van der Waals surface area contributed by atoms with E-state index in [4.69, 9.17) is 10.5 Å². The third kappa shape index (κ3) is 5.23. The Bertz CT molecular complexity index is 425. The molecule has 0 heterocycles. The molecule has 0 amide bonds. The van der Waals surface area contributed by atoms with Crippen molar-refractivity contribution in [3.05, 3.63) is 0 Å². The molecule has 0 saturated heterocycles. The van der Waals surface area contributed by atoms with Crippen molar-refractivity contribution in [3.63, 3.8) is 0 Å². The van der Waals surface area contributed by atoms with Crippen molar-refractivity contribution in [3.8, 4) is 0 Å². The van der Waals surface area contributed by atoms with E-state index in [-0.39, 0.29) is 30.7 Å². The van der Waals surface area contributed by atoms with Crippen LogP contribution in [0.4, 0.5) is 0 Å². The van der Waals surface area contributed by atoms with E-state index in [0.717, 1.165) is 25.7 Å². The SMILES string of the molecule is CCOC(=O)CCS(=O)(=O)N(CC)C1CCCCC1CN. The Kier molecular flexibility index (Phi) is 7.62. The summed E-state index contributed by atoms with van der Waals surface area (Å²) in [5.74, 6) is -0.430. The molecule has 2 atom stereocenters. The molecule has 0 bridgehead atoms. The quantitative estimate of drug-likeness (QED) is 0.677. The molecule has 0 spiro atoms. The molecule has 0 aliphatic heterocycles. The smallest absolute Gasteiger partial charge is 0.306 e. The lowest BCUT2D eigenvalue weighted by Crippen LogP contribution is -2.48. The molecule has 2 N–H and O–H groups in total. The lowest BCUT2D eigenvalue weighted by molar-refractivity contribution is -0.142. The van der Waals surface area contributed by atoms with E-state index in [1.807, 2.05) is 6.92 Å². The van der Waals surface area contributed by atoms with Crippen molar-refractivity contribution in [2.75, 3.05) is 25.4 Å². The summed E-state index contributed by atoms with van der Waals surface area (Å²) < 4.78 is 31.4. The summed E-state index contributed by atoms with van der Waals surface area (Å²) in [6, 6.07) is -0.0269. The minimum Gasteiger partial charge on any atom is -0.466 e. The van der Waals surface area contributed by atoms with Crippen LogP contribution in [0, 0.1) is 5.92 Å². The van der Waals surface area contributed by atoms with Gasteiger partial charge in [-0.15, -0.1) is 0 Å². The van der Waals surface area contributed by atoms with Crippen LogP contribution in [-0.4, -0.2) is 50.2 Å². The number of nitrogens with two attached hydrogens (primary N) is 1. The van der Waals surface area contributed by atoms with Gasteiger partial charge in [0.1, 0.15) is 0 Å². The van der Waals surface area contributed by atoms with Crippen LogP contribution in [0.25, 0.3) is 0 Å². The topological polar surface area (TPSA) is 89.7 Å². The van der Waals surface area contributed by atoms with Gasteiger partial charge in [0.15, 0.2) is 0 Å². The van der Waals surface area contributed by atoms with Gasteiger partial charge >= 0.3 is 5.97 Å². The summed E-state index contributed by atoms with van der Waals surface area (Å²) in [4.78, 5) is 11.4. The Morgan fingerprint density at radius 1 is 1.29 bits per heavy atom. The van der Waals surface area contributed by atoms with Gasteiger partial charge in [0.05, 0.1) is 18.8 Å². The van der Waals surface area contributed by atoms with Crippen molar-refractivity contribution < 1.29 is 17.9 Å². The zero-order valence-electron chi connectivity index (χ0n) is 13.1. The second-order valence-electron chi connectivity index (χ2n) is 5.42. The number of esters is 1. The molecule has 7 heteroatoms. The van der Waals surface area contributed by atoms with E-state index >= 15 is 0 Å². The van der Waals surface area contributed by atoms with Crippen LogP contribution in [0.2, 0.25) is 0 Å². The van der Waals surface area contributed by atoms with E-state index in [1.54, 1.807) is 11.2 Å². The van der Waals surface area contributed by atoms with Crippen molar-refractivity contribution in [2.24, 2.45) is 11.7 Å². The molecule has 6 nitrogen and oxygen atoms in total. The minimum atomic E-state index is -3.45. The highest BCUT2D eigenvalue weighted by molar-refractivity contribution is 7.89. The first-order valence-electron chi connectivity index (χ1n) is 7.81. The summed E-state index contributed by atoms with van der Waals surface area (Å²) in [6.45, 7) is 4.75. The van der Waals surface area contributed by atoms with E-state index in [9.17, 15) is 13.2 Å². The van der Waals surface area contributed by atoms with Crippen LogP contribution in [0.5, 0.6) is 0 Å². The molecule has 2 unspecified atom stereocenters. The highest BCUT2D eigenvalue weighted by atomic mass is 32.2. The van der Waals surface area contributed by atoms with E-state index < -0.39 is 16.0 Å². The maximum Gasteiger partial charge on any atom is 0.306 e. The van der Waals surface area contributed by atoms with Crippen LogP contribution in [0.1, 0.15) is 46.0 Å². The summed E-state index contributed by atoms with van der Waals surface area (Å²) in [5.41, 5.74) is 5.80. The van der Waals surface area contributed by atoms with Gasteiger partial charge in [0.2, 0.25) is 10.0 Å². The summed E-state index contributed by atoms with van der Waals surface area (Å²) in [6.07, 6.45) is 3.88. The molecule has 0 aromatic carbocycles. The molecular weight excluding hydrogens is 292 g/mol. The summed E-state index contributed by atoms with van der Waals surface area (Å²) >= 11 is 0. The van der Waals surface area contributed by atoms with Gasteiger partial charge in [-0.25, -0.2) is 8.42 Å². The van der Waals surface area contributed by atoms with Crippen LogP contribution < -0.4 is 5.73 Å². The second kappa shape index (κ2) is 8.70. The van der Waals surface area contributed by atoms with Crippen LogP contribution >= 0.6 is 0 Å². The van der Waals surface area contributed by atoms with Crippen molar-refractivity contribution in [1.29, 1.82) is 0 Å². The average molecular weight is 320 g/mol. The lowest BCUT2D eigenvalue weighted by Gasteiger charge is -2.38. The number of carbonyl (C=O) groups excluding carboxylic acids is 1. The first kappa shape index (κ1) is 18.4. The molecule has 1 aliphatic rings. The summed E-state index contributed by atoms with van der Waals surface area (Å²) in [5, 5.41) is 0. The number of hydrogen-bond acceptors (Lipinski definition) is 5. The molecule has 0 aromatic heterocycles. The fourth-order valence-corrected chi connectivity index (χ4v) is 4.79. The predicted octanol–water partition coefficient (Wildman–Crippen LogP) is 1.11. The fourth-order valence-electron chi connectivity index (χ4n) is 3.04. The summed E-state index contributed by atoms with van der Waals surface area (Å²) in [7, 11) is -3.45. The molecule has 1 fully saturated rings. The molecule has 1 saturated carbocycles. The Morgan fingerprint density at radius 3 is 2.52 bits per heavy atom. The first-order valence-corrected chi connectivity index (χ1v) is 9.42. The van der Waals surface area contributed by atoms with Gasteiger partial charge < -0.3 is 10.5 Å². The molecule has 1 rings (SSSR count). The average Bonchev–Trinajstić information content (AvgIpc) is 2.46. The zero-order chi connectivity index (χ0) is 15.9. The molecule has 21 heavy (non-hydrogen) atoms. The zero-order valence-corrected chi connectivity index (χ0v) is 13.9. The third-order valence-corrected chi connectivity index (χ3v) is 6.04. The van der Waals surface area contributed by atoms with Crippen molar-refractivity contribution in [2.45, 2.75) is 52.0 Å². The first-order chi connectivity index (χ1) is 9.96. The van der Waals surface area contributed by atoms with Crippen molar-refractivity contribution in [1.82, 2.24) is 4.31 Å². The van der Waals surface area contributed by atoms with Gasteiger partial charge in [0.25, 0.3) is 0 Å². The molecule has 0 aromatic rings. The minimum absolute atomic E-state index is 0.0269. The fraction of sp³-hybridized carbons (Fsp3) is 0.929. The second-order valence-corrected chi connectivity index (χ2v) is 7.46. The van der Waals surface area contributed by atoms with Gasteiger partial charge in [-0.2, -0.15) is 4.31 Å². The van der Waals surface area contributed by atoms with Crippen LogP contribution in [-0.2, 0) is 19.6 Å². The molecule has 124 valence electrons. The highest BCUT2D eigenvalue weighted by Crippen LogP contribution is 2.29. The third-order valence-electron chi connectivity index (χ3n) is 4.08. The molecule has 1 aliphatic carbocycles. The predicted molar refractivity (Wildman–Crippen MR) is 82.2 cm³/mol. The lowest BCUT2D eigenvalue weighted by atomic mass is 9.84. The van der Waals surface area contributed by atoms with Gasteiger partial charge in [-0.3, -0.25) is 4.79 Å². The standard InChI is InChI=1S/C14H28N2O4S/c1-3-16(13-8-6-5-7-12(13)11-15)21(18,19)10-9-14(17)20-4-2/h12-13H,3-11,15H2,1-2H3. The normalized spacial score (nSPS) is 23.2. The van der Waals surface area contributed by atoms with Crippen LogP contribution in [0.15, 0.2) is 0 Å². The maximum atomic E-state index is 12.5. The molecular formula is C14H28N2O4S. The van der Waals surface area contributed by atoms with Crippen LogP contribution in [0.3, 0.4) is 0 Å². The number of nitrogens with zero attached hydrogens (tertiary/aromatic N) is 1. The molecule has 0 radical (unpaired) electrons. The van der Waals surface area contributed by atoms with E-state index in [2.05, 4.69) is 0 Å². The maximum absolute atomic E-state index is 12.5. The number of ether oxygens (including phenoxy) is 1. The Labute approximate surface area is 128 Å². The van der Waals surface area contributed by atoms with Gasteiger partial charge in [-0.05, 0) is 32.2 Å². The number of carbonyl (C=O) groups is 1. The van der Waals surface area contributed by atoms with Crippen molar-refractivity contribution >= 4 is 16.0 Å². The Morgan fingerprint density at radius 2 is 1.95 bits per heavy atom. The monoisotopic (exact) mass is 320 g/mol. The van der Waals surface area contributed by atoms with Gasteiger partial charge in [-0.1, -0.05) is 19.8 Å². The highest BCUT2D eigenvalue weighted by Gasteiger charge is 2.35. The van der Waals surface area contributed by atoms with E-state index in [0.29, 0.717) is 13.1 Å². The number of hydrogen-bond donors (Lipinski definition) is 1. The Hall–Kier alpha value is -0.660. The largest absolute Gasteiger partial charge is 0.466 e. The number of rotatable bonds is 8. The van der Waals surface area contributed by atoms with E-state index in [1.165, 1.54) is 0 Å². The Balaban J connectivity index is 2.74.